The molecule has 1 saturated heterocycles. The highest BCUT2D eigenvalue weighted by atomic mass is 19.3. The van der Waals surface area contributed by atoms with Gasteiger partial charge in [-0.15, -0.1) is 0 Å². The molecule has 7 heteroatoms. The van der Waals surface area contributed by atoms with Gasteiger partial charge in [-0.05, 0) is 61.0 Å². The molecule has 30 heavy (non-hydrogen) atoms. The van der Waals surface area contributed by atoms with Crippen LogP contribution in [0.5, 0.6) is 0 Å². The molecule has 2 aliphatic heterocycles. The standard InChI is InChI=1S/C23H29F3N4/c1-23(24,25)22-14-21(6-4-18(22)16-29-11-9-28(2)10-12-29)30(26)20-5-3-17-7-8-27-15-19(17)13-20/h3-6,13-14,27H,7-12,15-16H2,1-2H3. The van der Waals surface area contributed by atoms with E-state index in [1.807, 2.05) is 6.07 Å². The minimum atomic E-state index is -3.04. The number of hydrogen-bond acceptors (Lipinski definition) is 4. The number of nitrogens with one attached hydrogen (secondary N) is 1. The molecule has 4 nitrogen and oxygen atoms in total. The van der Waals surface area contributed by atoms with E-state index >= 15 is 4.48 Å². The molecule has 1 fully saturated rings. The summed E-state index contributed by atoms with van der Waals surface area (Å²) in [6.07, 6.45) is 0.912. The molecular weight excluding hydrogens is 389 g/mol. The fourth-order valence-corrected chi connectivity index (χ4v) is 4.22. The van der Waals surface area contributed by atoms with Gasteiger partial charge in [0.05, 0.1) is 11.4 Å². The molecule has 0 spiro atoms. The van der Waals surface area contributed by atoms with E-state index < -0.39 is 5.92 Å². The van der Waals surface area contributed by atoms with Gasteiger partial charge in [-0.1, -0.05) is 16.6 Å². The first-order valence-electron chi connectivity index (χ1n) is 10.5. The first kappa shape index (κ1) is 21.2. The van der Waals surface area contributed by atoms with Crippen molar-refractivity contribution in [1.82, 2.24) is 15.1 Å². The number of fused-ring (bicyclic) bond motifs is 1. The molecule has 0 amide bonds. The first-order valence-corrected chi connectivity index (χ1v) is 10.5. The molecule has 0 aromatic heterocycles. The van der Waals surface area contributed by atoms with Crippen LogP contribution in [-0.2, 0) is 25.4 Å². The number of nitrogens with zero attached hydrogens (tertiary/aromatic N) is 3. The second kappa shape index (κ2) is 8.57. The van der Waals surface area contributed by atoms with Crippen molar-refractivity contribution in [3.63, 3.8) is 0 Å². The smallest absolute Gasteiger partial charge is 0.270 e. The van der Waals surface area contributed by atoms with Crippen LogP contribution in [0.1, 0.15) is 29.2 Å². The normalized spacial score (nSPS) is 18.3. The quantitative estimate of drug-likeness (QED) is 0.734. The summed E-state index contributed by atoms with van der Waals surface area (Å²) in [7, 11) is 2.06. The van der Waals surface area contributed by atoms with Gasteiger partial charge in [0.1, 0.15) is 0 Å². The number of halogens is 3. The van der Waals surface area contributed by atoms with Gasteiger partial charge in [0.25, 0.3) is 5.92 Å². The summed E-state index contributed by atoms with van der Waals surface area (Å²) in [4.78, 5) is 4.40. The molecule has 162 valence electrons. The van der Waals surface area contributed by atoms with Crippen molar-refractivity contribution in [2.24, 2.45) is 0 Å². The molecule has 0 radical (unpaired) electrons. The maximum Gasteiger partial charge on any atom is 0.270 e. The zero-order valence-corrected chi connectivity index (χ0v) is 17.6. The number of likely N-dealkylation sites (N-methyl/N-ethyl adjacent to an activating group) is 1. The SMILES string of the molecule is CN1CCN(Cc2ccc(N(F)c3ccc4c(c3)CNCC4)cc2C(C)(F)F)CC1. The lowest BCUT2D eigenvalue weighted by Crippen LogP contribution is -2.44. The average molecular weight is 419 g/mol. The minimum Gasteiger partial charge on any atom is -0.312 e. The average Bonchev–Trinajstić information content (AvgIpc) is 2.74. The largest absolute Gasteiger partial charge is 0.312 e. The lowest BCUT2D eigenvalue weighted by atomic mass is 9.99. The zero-order chi connectivity index (χ0) is 21.3. The Labute approximate surface area is 176 Å². The van der Waals surface area contributed by atoms with Gasteiger partial charge < -0.3 is 10.2 Å². The third kappa shape index (κ3) is 4.63. The van der Waals surface area contributed by atoms with E-state index in [9.17, 15) is 8.78 Å². The zero-order valence-electron chi connectivity index (χ0n) is 17.6. The van der Waals surface area contributed by atoms with E-state index in [1.54, 1.807) is 24.3 Å². The van der Waals surface area contributed by atoms with Gasteiger partial charge in [0, 0.05) is 51.8 Å². The maximum absolute atomic E-state index is 15.2. The summed E-state index contributed by atoms with van der Waals surface area (Å²) >= 11 is 0. The summed E-state index contributed by atoms with van der Waals surface area (Å²) in [6, 6.07) is 9.97. The molecule has 1 N–H and O–H groups in total. The van der Waals surface area contributed by atoms with Crippen molar-refractivity contribution in [1.29, 1.82) is 0 Å². The van der Waals surface area contributed by atoms with Crippen LogP contribution in [0.25, 0.3) is 0 Å². The van der Waals surface area contributed by atoms with Crippen molar-refractivity contribution in [3.05, 3.63) is 58.7 Å². The molecule has 0 saturated carbocycles. The lowest BCUT2D eigenvalue weighted by Gasteiger charge is -2.33. The van der Waals surface area contributed by atoms with E-state index in [0.717, 1.165) is 51.6 Å². The van der Waals surface area contributed by atoms with Crippen molar-refractivity contribution in [2.75, 3.05) is 44.9 Å². The van der Waals surface area contributed by atoms with Crippen molar-refractivity contribution in [3.8, 4) is 0 Å². The second-order valence-corrected chi connectivity index (χ2v) is 8.47. The van der Waals surface area contributed by atoms with Crippen molar-refractivity contribution in [2.45, 2.75) is 32.4 Å². The van der Waals surface area contributed by atoms with E-state index in [2.05, 4.69) is 22.2 Å². The Kier molecular flexibility index (Phi) is 6.04. The minimum absolute atomic E-state index is 0.110. The summed E-state index contributed by atoms with van der Waals surface area (Å²) in [5, 5.41) is 3.78. The van der Waals surface area contributed by atoms with Crippen LogP contribution in [0.3, 0.4) is 0 Å². The fraction of sp³-hybridized carbons (Fsp3) is 0.478. The topological polar surface area (TPSA) is 21.8 Å². The molecule has 2 aliphatic rings. The summed E-state index contributed by atoms with van der Waals surface area (Å²) in [5.41, 5.74) is 3.18. The number of rotatable bonds is 5. The van der Waals surface area contributed by atoms with Crippen LogP contribution >= 0.6 is 0 Å². The number of piperazine rings is 1. The van der Waals surface area contributed by atoms with Crippen LogP contribution in [0, 0.1) is 0 Å². The highest BCUT2D eigenvalue weighted by Crippen LogP contribution is 2.36. The van der Waals surface area contributed by atoms with Crippen molar-refractivity contribution < 1.29 is 13.3 Å². The summed E-state index contributed by atoms with van der Waals surface area (Å²) in [5.74, 6) is -3.04. The number of alkyl halides is 2. The van der Waals surface area contributed by atoms with Crippen LogP contribution in [0.15, 0.2) is 36.4 Å². The number of anilines is 2. The molecule has 2 aromatic carbocycles. The Bertz CT molecular complexity index is 889. The molecule has 4 rings (SSSR count). The Hall–Kier alpha value is -2.09. The molecule has 0 aliphatic carbocycles. The van der Waals surface area contributed by atoms with E-state index in [4.69, 9.17) is 0 Å². The van der Waals surface area contributed by atoms with E-state index in [-0.39, 0.29) is 11.3 Å². The van der Waals surface area contributed by atoms with Crippen molar-refractivity contribution >= 4 is 11.4 Å². The molecule has 0 atom stereocenters. The summed E-state index contributed by atoms with van der Waals surface area (Å²) < 4.78 is 44.0. The van der Waals surface area contributed by atoms with Crippen LogP contribution in [0.4, 0.5) is 24.6 Å². The Balaban J connectivity index is 1.59. The van der Waals surface area contributed by atoms with Gasteiger partial charge in [0.15, 0.2) is 0 Å². The van der Waals surface area contributed by atoms with Crippen LogP contribution < -0.4 is 10.4 Å². The highest BCUT2D eigenvalue weighted by Gasteiger charge is 2.30. The Morgan fingerprint density at radius 1 is 1.00 bits per heavy atom. The molecule has 2 heterocycles. The summed E-state index contributed by atoms with van der Waals surface area (Å²) in [6.45, 7) is 6.45. The van der Waals surface area contributed by atoms with Gasteiger partial charge in [-0.2, -0.15) is 5.12 Å². The Morgan fingerprint density at radius 3 is 2.43 bits per heavy atom. The molecule has 0 bridgehead atoms. The van der Waals surface area contributed by atoms with Gasteiger partial charge in [-0.3, -0.25) is 4.90 Å². The number of hydrogen-bond donors (Lipinski definition) is 1. The van der Waals surface area contributed by atoms with Gasteiger partial charge >= 0.3 is 0 Å². The lowest BCUT2D eigenvalue weighted by molar-refractivity contribution is 0.0155. The predicted octanol–water partition coefficient (Wildman–Crippen LogP) is 4.21. The van der Waals surface area contributed by atoms with Crippen LogP contribution in [-0.4, -0.2) is 49.6 Å². The van der Waals surface area contributed by atoms with Gasteiger partial charge in [-0.25, -0.2) is 8.78 Å². The fourth-order valence-electron chi connectivity index (χ4n) is 4.22. The first-order chi connectivity index (χ1) is 14.3. The Morgan fingerprint density at radius 2 is 1.70 bits per heavy atom. The monoisotopic (exact) mass is 418 g/mol. The second-order valence-electron chi connectivity index (χ2n) is 8.47. The number of benzene rings is 2. The molecule has 0 unspecified atom stereocenters. The van der Waals surface area contributed by atoms with Crippen LogP contribution in [0.2, 0.25) is 0 Å². The molecular formula is C23H29F3N4. The maximum atomic E-state index is 15.2. The highest BCUT2D eigenvalue weighted by molar-refractivity contribution is 5.63. The molecule has 2 aromatic rings. The predicted molar refractivity (Wildman–Crippen MR) is 114 cm³/mol. The third-order valence-corrected chi connectivity index (χ3v) is 6.09. The van der Waals surface area contributed by atoms with E-state index in [0.29, 0.717) is 29.5 Å². The third-order valence-electron chi connectivity index (χ3n) is 6.09. The van der Waals surface area contributed by atoms with Gasteiger partial charge in [0.2, 0.25) is 0 Å². The van der Waals surface area contributed by atoms with E-state index in [1.165, 1.54) is 11.6 Å².